The van der Waals surface area contributed by atoms with Gasteiger partial charge in [0, 0.05) is 21.9 Å². The Morgan fingerprint density at radius 2 is 2.07 bits per heavy atom. The van der Waals surface area contributed by atoms with E-state index in [2.05, 4.69) is 4.98 Å². The van der Waals surface area contributed by atoms with Crippen molar-refractivity contribution in [3.05, 3.63) is 21.0 Å². The van der Waals surface area contributed by atoms with Crippen molar-refractivity contribution in [2.45, 2.75) is 18.2 Å². The summed E-state index contributed by atoms with van der Waals surface area (Å²) in [6.45, 7) is 1.50. The van der Waals surface area contributed by atoms with E-state index in [0.29, 0.717) is 5.69 Å². The first kappa shape index (κ1) is 13.0. The van der Waals surface area contributed by atoms with E-state index in [-0.39, 0.29) is 3.70 Å². The molecular formula is C7H5ClF2INO2S. The molecule has 0 bridgehead atoms. The van der Waals surface area contributed by atoms with Gasteiger partial charge in [0.1, 0.15) is 8.60 Å². The lowest BCUT2D eigenvalue weighted by Crippen LogP contribution is -2.05. The first-order chi connectivity index (χ1) is 6.73. The van der Waals surface area contributed by atoms with Crippen LogP contribution in [0.2, 0.25) is 0 Å². The molecule has 1 rings (SSSR count). The Bertz CT molecular complexity index is 492. The standard InChI is InChI=1S/C7H5ClF2INO2S/c1-3-2-4(6(9)10)5(7(11)12-3)15(8,13)14/h2,6H,1H3. The molecule has 0 aromatic carbocycles. The summed E-state index contributed by atoms with van der Waals surface area (Å²) in [5.41, 5.74) is -0.291. The van der Waals surface area contributed by atoms with Crippen molar-refractivity contribution in [1.29, 1.82) is 0 Å². The molecule has 1 heterocycles. The summed E-state index contributed by atoms with van der Waals surface area (Å²) >= 11 is 1.56. The first-order valence-electron chi connectivity index (χ1n) is 3.63. The topological polar surface area (TPSA) is 47.0 Å². The van der Waals surface area contributed by atoms with Crippen LogP contribution in [0.4, 0.5) is 8.78 Å². The number of pyridine rings is 1. The molecule has 0 radical (unpaired) electrons. The Labute approximate surface area is 103 Å². The predicted octanol–water partition coefficient (Wildman–Crippen LogP) is 2.86. The number of hydrogen-bond donors (Lipinski definition) is 0. The van der Waals surface area contributed by atoms with E-state index >= 15 is 0 Å². The molecule has 0 amide bonds. The minimum Gasteiger partial charge on any atom is -0.246 e. The van der Waals surface area contributed by atoms with Gasteiger partial charge in [0.15, 0.2) is 0 Å². The van der Waals surface area contributed by atoms with Gasteiger partial charge in [-0.1, -0.05) is 0 Å². The van der Waals surface area contributed by atoms with Crippen LogP contribution >= 0.6 is 33.3 Å². The second-order valence-corrected chi connectivity index (χ2v) is 6.24. The van der Waals surface area contributed by atoms with Crippen molar-refractivity contribution < 1.29 is 17.2 Å². The van der Waals surface area contributed by atoms with E-state index < -0.39 is 25.9 Å². The number of alkyl halides is 2. The van der Waals surface area contributed by atoms with Crippen molar-refractivity contribution >= 4 is 42.3 Å². The molecule has 3 nitrogen and oxygen atoms in total. The predicted molar refractivity (Wildman–Crippen MR) is 59.7 cm³/mol. The van der Waals surface area contributed by atoms with E-state index in [9.17, 15) is 17.2 Å². The molecule has 0 N–H and O–H groups in total. The Morgan fingerprint density at radius 1 is 1.53 bits per heavy atom. The Hall–Kier alpha value is -0.0200. The highest BCUT2D eigenvalue weighted by molar-refractivity contribution is 14.1. The maximum Gasteiger partial charge on any atom is 0.265 e. The number of nitrogens with zero attached hydrogens (tertiary/aromatic N) is 1. The van der Waals surface area contributed by atoms with Crippen molar-refractivity contribution in [2.24, 2.45) is 0 Å². The van der Waals surface area contributed by atoms with Gasteiger partial charge in [-0.2, -0.15) is 0 Å². The number of halogens is 4. The number of aromatic nitrogens is 1. The summed E-state index contributed by atoms with van der Waals surface area (Å²) in [6, 6.07) is 1.02. The van der Waals surface area contributed by atoms with Gasteiger partial charge >= 0.3 is 0 Å². The van der Waals surface area contributed by atoms with Gasteiger partial charge in [0.25, 0.3) is 15.5 Å². The number of aryl methyl sites for hydroxylation is 1. The van der Waals surface area contributed by atoms with Gasteiger partial charge in [0.2, 0.25) is 0 Å². The third-order valence-corrected chi connectivity index (χ3v) is 4.09. The normalized spacial score (nSPS) is 12.1. The highest BCUT2D eigenvalue weighted by atomic mass is 127. The molecule has 0 aliphatic carbocycles. The average Bonchev–Trinajstić information content (AvgIpc) is 1.99. The molecule has 0 unspecified atom stereocenters. The Kier molecular flexibility index (Phi) is 3.88. The van der Waals surface area contributed by atoms with Gasteiger partial charge in [-0.05, 0) is 35.6 Å². The van der Waals surface area contributed by atoms with Crippen LogP contribution in [0.3, 0.4) is 0 Å². The van der Waals surface area contributed by atoms with E-state index in [1.807, 2.05) is 0 Å². The summed E-state index contributed by atoms with van der Waals surface area (Å²) in [4.78, 5) is 3.17. The fourth-order valence-corrected chi connectivity index (χ4v) is 4.17. The zero-order valence-electron chi connectivity index (χ0n) is 7.34. The largest absolute Gasteiger partial charge is 0.265 e. The molecule has 84 valence electrons. The summed E-state index contributed by atoms with van der Waals surface area (Å²) in [5, 5.41) is 0. The molecule has 0 aliphatic heterocycles. The minimum atomic E-state index is -4.20. The Balaban J connectivity index is 3.62. The van der Waals surface area contributed by atoms with Crippen molar-refractivity contribution in [1.82, 2.24) is 4.98 Å². The van der Waals surface area contributed by atoms with Gasteiger partial charge < -0.3 is 0 Å². The van der Waals surface area contributed by atoms with E-state index in [0.717, 1.165) is 6.07 Å². The zero-order valence-corrected chi connectivity index (χ0v) is 11.1. The van der Waals surface area contributed by atoms with Crippen LogP contribution in [0, 0.1) is 10.6 Å². The van der Waals surface area contributed by atoms with Crippen molar-refractivity contribution in [3.63, 3.8) is 0 Å². The van der Waals surface area contributed by atoms with E-state index in [4.69, 9.17) is 10.7 Å². The summed E-state index contributed by atoms with van der Waals surface area (Å²) in [7, 11) is 0.856. The van der Waals surface area contributed by atoms with Crippen LogP contribution < -0.4 is 0 Å². The van der Waals surface area contributed by atoms with E-state index in [1.165, 1.54) is 6.92 Å². The van der Waals surface area contributed by atoms with Crippen molar-refractivity contribution in [2.75, 3.05) is 0 Å². The lowest BCUT2D eigenvalue weighted by molar-refractivity contribution is 0.147. The van der Waals surface area contributed by atoms with Crippen molar-refractivity contribution in [3.8, 4) is 0 Å². The molecule has 0 saturated heterocycles. The summed E-state index contributed by atoms with van der Waals surface area (Å²) in [5.74, 6) is 0. The number of hydrogen-bond acceptors (Lipinski definition) is 3. The summed E-state index contributed by atoms with van der Waals surface area (Å²) in [6.07, 6.45) is -2.90. The molecule has 0 fully saturated rings. The summed E-state index contributed by atoms with van der Waals surface area (Å²) < 4.78 is 47.2. The van der Waals surface area contributed by atoms with Gasteiger partial charge in [-0.25, -0.2) is 22.2 Å². The molecule has 1 aromatic rings. The highest BCUT2D eigenvalue weighted by Gasteiger charge is 2.26. The van der Waals surface area contributed by atoms with Gasteiger partial charge in [0.05, 0.1) is 0 Å². The number of rotatable bonds is 2. The molecular weight excluding hydrogens is 363 g/mol. The third-order valence-electron chi connectivity index (χ3n) is 1.57. The monoisotopic (exact) mass is 367 g/mol. The molecule has 0 saturated carbocycles. The second kappa shape index (κ2) is 4.46. The second-order valence-electron chi connectivity index (χ2n) is 2.71. The molecule has 0 spiro atoms. The maximum absolute atomic E-state index is 12.6. The third kappa shape index (κ3) is 2.97. The Morgan fingerprint density at radius 3 is 2.47 bits per heavy atom. The molecule has 0 aliphatic rings. The van der Waals surface area contributed by atoms with E-state index in [1.54, 1.807) is 22.6 Å². The van der Waals surface area contributed by atoms with Gasteiger partial charge in [-0.3, -0.25) is 0 Å². The molecule has 8 heteroatoms. The highest BCUT2D eigenvalue weighted by Crippen LogP contribution is 2.31. The fourth-order valence-electron chi connectivity index (χ4n) is 1.05. The molecule has 15 heavy (non-hydrogen) atoms. The van der Waals surface area contributed by atoms with Crippen LogP contribution in [0.5, 0.6) is 0 Å². The van der Waals surface area contributed by atoms with Gasteiger partial charge in [-0.15, -0.1) is 0 Å². The van der Waals surface area contributed by atoms with Crippen LogP contribution in [-0.2, 0) is 9.05 Å². The SMILES string of the molecule is Cc1cc(C(F)F)c(S(=O)(=O)Cl)c(I)n1. The van der Waals surface area contributed by atoms with Crippen LogP contribution in [-0.4, -0.2) is 13.4 Å². The minimum absolute atomic E-state index is 0.0436. The first-order valence-corrected chi connectivity index (χ1v) is 7.02. The maximum atomic E-state index is 12.6. The lowest BCUT2D eigenvalue weighted by Gasteiger charge is -2.08. The molecule has 0 atom stereocenters. The smallest absolute Gasteiger partial charge is 0.246 e. The molecule has 1 aromatic heterocycles. The van der Waals surface area contributed by atoms with Crippen LogP contribution in [0.1, 0.15) is 17.7 Å². The fraction of sp³-hybridized carbons (Fsp3) is 0.286. The van der Waals surface area contributed by atoms with Crippen LogP contribution in [0.15, 0.2) is 11.0 Å². The lowest BCUT2D eigenvalue weighted by atomic mass is 10.2. The quantitative estimate of drug-likeness (QED) is 0.459. The van der Waals surface area contributed by atoms with Crippen LogP contribution in [0.25, 0.3) is 0 Å². The average molecular weight is 368 g/mol. The zero-order chi connectivity index (χ0) is 11.8.